The zero-order valence-electron chi connectivity index (χ0n) is 16.1. The number of hydrogen-bond donors (Lipinski definition) is 1. The third kappa shape index (κ3) is 5.42. The fourth-order valence-corrected chi connectivity index (χ4v) is 4.35. The van der Waals surface area contributed by atoms with E-state index in [0.717, 1.165) is 10.7 Å². The van der Waals surface area contributed by atoms with E-state index in [1.165, 1.54) is 17.8 Å². The van der Waals surface area contributed by atoms with E-state index in [0.29, 0.717) is 43.8 Å². The molecule has 1 atom stereocenters. The normalized spacial score (nSPS) is 12.1. The molecule has 0 aliphatic carbocycles. The van der Waals surface area contributed by atoms with Crippen LogP contribution in [0, 0.1) is 0 Å². The predicted molar refractivity (Wildman–Crippen MR) is 124 cm³/mol. The maximum atomic E-state index is 12.6. The number of carbonyl (C=O) groups is 1. The molecule has 0 spiro atoms. The van der Waals surface area contributed by atoms with Crippen LogP contribution in [0.3, 0.4) is 0 Å². The molecule has 10 heteroatoms. The first-order valence-electron chi connectivity index (χ1n) is 9.05. The molecule has 0 bridgehead atoms. The topological polar surface area (TPSA) is 59.8 Å². The second kappa shape index (κ2) is 10.2. The van der Waals surface area contributed by atoms with Crippen LogP contribution in [0.1, 0.15) is 41.6 Å². The number of thioether (sulfide) groups is 1. The molecule has 1 aromatic heterocycles. The number of benzene rings is 2. The minimum Gasteiger partial charge on any atom is -0.342 e. The molecule has 3 aromatic rings. The molecule has 2 aromatic carbocycles. The van der Waals surface area contributed by atoms with E-state index in [1.54, 1.807) is 18.2 Å². The molecule has 5 nitrogen and oxygen atoms in total. The zero-order valence-corrected chi connectivity index (χ0v) is 20.0. The molecule has 1 heterocycles. The number of nitrogens with zero attached hydrogens (tertiary/aromatic N) is 3. The van der Waals surface area contributed by atoms with E-state index in [2.05, 4.69) is 15.5 Å². The second-order valence-electron chi connectivity index (χ2n) is 6.45. The molecule has 0 aliphatic heterocycles. The second-order valence-corrected chi connectivity index (χ2v) is 9.02. The SMILES string of the molecule is CCn1c(SCc2ccc(Cl)c(Cl)c2)nnc1[C@@H](C)NC(=O)c1ccc(Cl)c(Cl)c1. The van der Waals surface area contributed by atoms with Gasteiger partial charge in [-0.1, -0.05) is 64.2 Å². The lowest BCUT2D eigenvalue weighted by Gasteiger charge is -2.15. The number of halogens is 4. The van der Waals surface area contributed by atoms with Crippen LogP contribution in [-0.2, 0) is 12.3 Å². The Balaban J connectivity index is 1.71. The average molecular weight is 504 g/mol. The van der Waals surface area contributed by atoms with Crippen molar-refractivity contribution in [2.24, 2.45) is 0 Å². The van der Waals surface area contributed by atoms with E-state index < -0.39 is 0 Å². The Labute approximate surface area is 199 Å². The van der Waals surface area contributed by atoms with Gasteiger partial charge in [-0.3, -0.25) is 4.79 Å². The zero-order chi connectivity index (χ0) is 21.8. The lowest BCUT2D eigenvalue weighted by atomic mass is 10.2. The summed E-state index contributed by atoms with van der Waals surface area (Å²) in [7, 11) is 0. The molecule has 0 fully saturated rings. The van der Waals surface area contributed by atoms with E-state index >= 15 is 0 Å². The van der Waals surface area contributed by atoms with Gasteiger partial charge in [0, 0.05) is 17.9 Å². The molecule has 1 amide bonds. The molecule has 0 saturated heterocycles. The van der Waals surface area contributed by atoms with Crippen molar-refractivity contribution in [1.82, 2.24) is 20.1 Å². The molecule has 158 valence electrons. The molecular formula is C20H18Cl4N4OS. The van der Waals surface area contributed by atoms with Crippen LogP contribution >= 0.6 is 58.2 Å². The first-order valence-corrected chi connectivity index (χ1v) is 11.6. The summed E-state index contributed by atoms with van der Waals surface area (Å²) in [6.07, 6.45) is 0. The Bertz CT molecular complexity index is 1070. The van der Waals surface area contributed by atoms with E-state index in [9.17, 15) is 4.79 Å². The Morgan fingerprint density at radius 2 is 1.70 bits per heavy atom. The lowest BCUT2D eigenvalue weighted by Crippen LogP contribution is -2.28. The van der Waals surface area contributed by atoms with E-state index in [1.807, 2.05) is 30.5 Å². The van der Waals surface area contributed by atoms with Gasteiger partial charge in [0.05, 0.1) is 26.1 Å². The van der Waals surface area contributed by atoms with Gasteiger partial charge in [-0.2, -0.15) is 0 Å². The van der Waals surface area contributed by atoms with Crippen LogP contribution in [-0.4, -0.2) is 20.7 Å². The highest BCUT2D eigenvalue weighted by molar-refractivity contribution is 7.98. The Morgan fingerprint density at radius 1 is 1.03 bits per heavy atom. The molecule has 1 N–H and O–H groups in total. The summed E-state index contributed by atoms with van der Waals surface area (Å²) in [5, 5.41) is 14.0. The Hall–Kier alpha value is -1.44. The number of nitrogens with one attached hydrogen (secondary N) is 1. The van der Waals surface area contributed by atoms with E-state index in [4.69, 9.17) is 46.4 Å². The smallest absolute Gasteiger partial charge is 0.251 e. The first kappa shape index (κ1) is 23.2. The highest BCUT2D eigenvalue weighted by Crippen LogP contribution is 2.28. The lowest BCUT2D eigenvalue weighted by molar-refractivity contribution is 0.0937. The van der Waals surface area contributed by atoms with E-state index in [-0.39, 0.29) is 11.9 Å². The van der Waals surface area contributed by atoms with Crippen LogP contribution in [0.4, 0.5) is 0 Å². The monoisotopic (exact) mass is 502 g/mol. The van der Waals surface area contributed by atoms with Crippen LogP contribution < -0.4 is 5.32 Å². The molecular weight excluding hydrogens is 486 g/mol. The molecule has 30 heavy (non-hydrogen) atoms. The summed E-state index contributed by atoms with van der Waals surface area (Å²) in [5.41, 5.74) is 1.45. The van der Waals surface area contributed by atoms with Crippen molar-refractivity contribution in [1.29, 1.82) is 0 Å². The standard InChI is InChI=1S/C20H18Cl4N4OS/c1-3-28-18(11(2)25-19(29)13-5-7-15(22)17(24)9-13)26-27-20(28)30-10-12-4-6-14(21)16(23)8-12/h4-9,11H,3,10H2,1-2H3,(H,25,29)/t11-/m1/s1. The van der Waals surface area contributed by atoms with Gasteiger partial charge < -0.3 is 9.88 Å². The Morgan fingerprint density at radius 3 is 2.33 bits per heavy atom. The summed E-state index contributed by atoms with van der Waals surface area (Å²) in [6.45, 7) is 4.53. The summed E-state index contributed by atoms with van der Waals surface area (Å²) < 4.78 is 1.97. The van der Waals surface area contributed by atoms with Crippen molar-refractivity contribution in [3.8, 4) is 0 Å². The number of carbonyl (C=O) groups excluding carboxylic acids is 1. The molecule has 0 radical (unpaired) electrons. The van der Waals surface area contributed by atoms with Crippen molar-refractivity contribution < 1.29 is 4.79 Å². The van der Waals surface area contributed by atoms with Crippen molar-refractivity contribution >= 4 is 64.1 Å². The molecule has 0 saturated carbocycles. The first-order chi connectivity index (χ1) is 14.3. The molecule has 0 unspecified atom stereocenters. The number of amides is 1. The molecule has 3 rings (SSSR count). The maximum absolute atomic E-state index is 12.6. The Kier molecular flexibility index (Phi) is 7.93. The van der Waals surface area contributed by atoms with Gasteiger partial charge in [0.15, 0.2) is 11.0 Å². The van der Waals surface area contributed by atoms with Crippen LogP contribution in [0.2, 0.25) is 20.1 Å². The number of rotatable bonds is 7. The third-order valence-corrected chi connectivity index (χ3v) is 6.85. The van der Waals surface area contributed by atoms with Crippen molar-refractivity contribution in [2.75, 3.05) is 0 Å². The predicted octanol–water partition coefficient (Wildman–Crippen LogP) is 6.69. The summed E-state index contributed by atoms with van der Waals surface area (Å²) in [5.74, 6) is 1.07. The quantitative estimate of drug-likeness (QED) is 0.364. The van der Waals surface area contributed by atoms with Gasteiger partial charge in [0.25, 0.3) is 5.91 Å². The highest BCUT2D eigenvalue weighted by Gasteiger charge is 2.20. The summed E-state index contributed by atoms with van der Waals surface area (Å²) in [4.78, 5) is 12.6. The van der Waals surface area contributed by atoms with Crippen molar-refractivity contribution in [3.05, 3.63) is 73.4 Å². The molecule has 0 aliphatic rings. The summed E-state index contributed by atoms with van der Waals surface area (Å²) in [6, 6.07) is 9.94. The largest absolute Gasteiger partial charge is 0.342 e. The van der Waals surface area contributed by atoms with Crippen LogP contribution in [0.15, 0.2) is 41.6 Å². The van der Waals surface area contributed by atoms with Gasteiger partial charge in [0.2, 0.25) is 0 Å². The fourth-order valence-electron chi connectivity index (χ4n) is 2.78. The van der Waals surface area contributed by atoms with Crippen LogP contribution in [0.25, 0.3) is 0 Å². The minimum absolute atomic E-state index is 0.267. The van der Waals surface area contributed by atoms with Crippen molar-refractivity contribution in [3.63, 3.8) is 0 Å². The number of aromatic nitrogens is 3. The average Bonchev–Trinajstić information content (AvgIpc) is 3.14. The van der Waals surface area contributed by atoms with Gasteiger partial charge in [-0.05, 0) is 49.7 Å². The highest BCUT2D eigenvalue weighted by atomic mass is 35.5. The van der Waals surface area contributed by atoms with Gasteiger partial charge >= 0.3 is 0 Å². The van der Waals surface area contributed by atoms with Crippen LogP contribution in [0.5, 0.6) is 0 Å². The maximum Gasteiger partial charge on any atom is 0.251 e. The van der Waals surface area contributed by atoms with Gasteiger partial charge in [0.1, 0.15) is 0 Å². The number of hydrogen-bond acceptors (Lipinski definition) is 4. The van der Waals surface area contributed by atoms with Gasteiger partial charge in [-0.15, -0.1) is 10.2 Å². The fraction of sp³-hybridized carbons (Fsp3) is 0.250. The summed E-state index contributed by atoms with van der Waals surface area (Å²) >= 11 is 25.5. The third-order valence-electron chi connectivity index (χ3n) is 4.33. The van der Waals surface area contributed by atoms with Gasteiger partial charge in [-0.25, -0.2) is 0 Å². The van der Waals surface area contributed by atoms with Crippen molar-refractivity contribution in [2.45, 2.75) is 37.3 Å². The minimum atomic E-state index is -0.348.